The fraction of sp³-hybridized carbons (Fsp3) is 0.0526. The minimum Gasteiger partial charge on any atom is -0.339 e. The third-order valence-electron chi connectivity index (χ3n) is 3.84. The van der Waals surface area contributed by atoms with E-state index in [1.165, 1.54) is 6.33 Å². The summed E-state index contributed by atoms with van der Waals surface area (Å²) in [5.41, 5.74) is 4.22. The summed E-state index contributed by atoms with van der Waals surface area (Å²) in [6.07, 6.45) is 4.95. The van der Waals surface area contributed by atoms with Crippen LogP contribution in [-0.4, -0.2) is 25.7 Å². The van der Waals surface area contributed by atoms with Gasteiger partial charge in [-0.25, -0.2) is 15.0 Å². The molecule has 3 aromatic heterocycles. The molecule has 0 radical (unpaired) electrons. The molecule has 0 unspecified atom stereocenters. The van der Waals surface area contributed by atoms with Crippen LogP contribution < -0.4 is 0 Å². The van der Waals surface area contributed by atoms with Crippen molar-refractivity contribution in [3.05, 3.63) is 78.5 Å². The van der Waals surface area contributed by atoms with Gasteiger partial charge in [0.15, 0.2) is 5.78 Å². The fourth-order valence-electron chi connectivity index (χ4n) is 2.66. The first-order valence-electron chi connectivity index (χ1n) is 7.62. The van der Waals surface area contributed by atoms with Crippen molar-refractivity contribution in [3.8, 4) is 11.3 Å². The number of aromatic amines is 1. The molecular formula is C19H14N4O. The van der Waals surface area contributed by atoms with Crippen molar-refractivity contribution < 1.29 is 4.79 Å². The van der Waals surface area contributed by atoms with E-state index >= 15 is 0 Å². The van der Waals surface area contributed by atoms with Gasteiger partial charge in [-0.3, -0.25) is 4.79 Å². The summed E-state index contributed by atoms with van der Waals surface area (Å²) in [6.45, 7) is 0. The number of ketones is 1. The number of hydrogen-bond acceptors (Lipinski definition) is 4. The number of benzene rings is 1. The van der Waals surface area contributed by atoms with Crippen molar-refractivity contribution in [1.29, 1.82) is 0 Å². The normalized spacial score (nSPS) is 10.8. The van der Waals surface area contributed by atoms with Crippen molar-refractivity contribution in [2.24, 2.45) is 0 Å². The van der Waals surface area contributed by atoms with E-state index in [1.54, 1.807) is 18.5 Å². The predicted molar refractivity (Wildman–Crippen MR) is 91.6 cm³/mol. The lowest BCUT2D eigenvalue weighted by atomic mass is 10.1. The molecule has 0 aliphatic rings. The van der Waals surface area contributed by atoms with Gasteiger partial charge >= 0.3 is 0 Å². The Morgan fingerprint density at radius 2 is 1.92 bits per heavy atom. The number of carbonyl (C=O) groups excluding carboxylic acids is 1. The molecule has 4 rings (SSSR count). The molecule has 0 aliphatic carbocycles. The molecule has 0 atom stereocenters. The van der Waals surface area contributed by atoms with E-state index < -0.39 is 0 Å². The van der Waals surface area contributed by atoms with Crippen LogP contribution in [0.25, 0.3) is 22.3 Å². The number of nitrogens with zero attached hydrogens (tertiary/aromatic N) is 3. The van der Waals surface area contributed by atoms with Gasteiger partial charge in [-0.05, 0) is 29.3 Å². The highest BCUT2D eigenvalue weighted by Gasteiger charge is 2.10. The Morgan fingerprint density at radius 3 is 2.71 bits per heavy atom. The van der Waals surface area contributed by atoms with Crippen molar-refractivity contribution in [2.45, 2.75) is 6.42 Å². The van der Waals surface area contributed by atoms with Crippen LogP contribution in [0.5, 0.6) is 0 Å². The Labute approximate surface area is 138 Å². The number of fused-ring (bicyclic) bond motifs is 1. The first-order chi connectivity index (χ1) is 11.8. The topological polar surface area (TPSA) is 71.5 Å². The van der Waals surface area contributed by atoms with Gasteiger partial charge in [0.1, 0.15) is 17.7 Å². The monoisotopic (exact) mass is 314 g/mol. The van der Waals surface area contributed by atoms with Gasteiger partial charge in [0, 0.05) is 29.9 Å². The third-order valence-corrected chi connectivity index (χ3v) is 3.84. The van der Waals surface area contributed by atoms with Gasteiger partial charge in [0.25, 0.3) is 0 Å². The molecule has 5 nitrogen and oxygen atoms in total. The first-order valence-corrected chi connectivity index (χ1v) is 7.62. The van der Waals surface area contributed by atoms with Crippen LogP contribution in [0.2, 0.25) is 0 Å². The molecule has 24 heavy (non-hydrogen) atoms. The molecular weight excluding hydrogens is 300 g/mol. The van der Waals surface area contributed by atoms with Crippen LogP contribution >= 0.6 is 0 Å². The predicted octanol–water partition coefficient (Wildman–Crippen LogP) is 3.45. The molecule has 0 spiro atoms. The maximum Gasteiger partial charge on any atom is 0.185 e. The van der Waals surface area contributed by atoms with Crippen LogP contribution in [0, 0.1) is 0 Å². The van der Waals surface area contributed by atoms with E-state index in [1.807, 2.05) is 36.4 Å². The van der Waals surface area contributed by atoms with Crippen LogP contribution in [-0.2, 0) is 6.42 Å². The van der Waals surface area contributed by atoms with Gasteiger partial charge in [0.05, 0.1) is 0 Å². The SMILES string of the molecule is O=C(Cc1cnc2[nH]c(-c3ccccc3)cc2c1)c1ccncn1. The van der Waals surface area contributed by atoms with Gasteiger partial charge in [-0.1, -0.05) is 30.3 Å². The van der Waals surface area contributed by atoms with E-state index in [0.717, 1.165) is 27.9 Å². The maximum absolute atomic E-state index is 12.3. The number of Topliss-reactive ketones (excluding diaryl/α,β-unsaturated/α-hetero) is 1. The first kappa shape index (κ1) is 14.3. The van der Waals surface area contributed by atoms with Crippen molar-refractivity contribution in [1.82, 2.24) is 19.9 Å². The van der Waals surface area contributed by atoms with E-state index in [9.17, 15) is 4.79 Å². The Kier molecular flexibility index (Phi) is 3.59. The highest BCUT2D eigenvalue weighted by Crippen LogP contribution is 2.23. The van der Waals surface area contributed by atoms with E-state index in [2.05, 4.69) is 26.0 Å². The van der Waals surface area contributed by atoms with E-state index in [0.29, 0.717) is 5.69 Å². The minimum atomic E-state index is -0.0441. The molecule has 0 saturated carbocycles. The number of carbonyl (C=O) groups is 1. The Balaban J connectivity index is 1.63. The number of H-pyrrole nitrogens is 1. The number of aromatic nitrogens is 4. The fourth-order valence-corrected chi connectivity index (χ4v) is 2.66. The maximum atomic E-state index is 12.3. The highest BCUT2D eigenvalue weighted by atomic mass is 16.1. The summed E-state index contributed by atoms with van der Waals surface area (Å²) in [5.74, 6) is -0.0441. The summed E-state index contributed by atoms with van der Waals surface area (Å²) in [4.78, 5) is 27.8. The van der Waals surface area contributed by atoms with Gasteiger partial charge in [-0.15, -0.1) is 0 Å². The summed E-state index contributed by atoms with van der Waals surface area (Å²) >= 11 is 0. The average molecular weight is 314 g/mol. The second kappa shape index (κ2) is 6.04. The van der Waals surface area contributed by atoms with Gasteiger partial charge in [0.2, 0.25) is 0 Å². The minimum absolute atomic E-state index is 0.0441. The smallest absolute Gasteiger partial charge is 0.185 e. The molecule has 0 fully saturated rings. The number of pyridine rings is 1. The molecule has 1 aromatic carbocycles. The molecule has 0 aliphatic heterocycles. The Morgan fingerprint density at radius 1 is 1.04 bits per heavy atom. The van der Waals surface area contributed by atoms with E-state index in [4.69, 9.17) is 0 Å². The lowest BCUT2D eigenvalue weighted by molar-refractivity contribution is 0.0988. The van der Waals surface area contributed by atoms with Crippen molar-refractivity contribution in [3.63, 3.8) is 0 Å². The quantitative estimate of drug-likeness (QED) is 0.586. The molecule has 3 heterocycles. The second-order valence-corrected chi connectivity index (χ2v) is 5.53. The zero-order valence-electron chi connectivity index (χ0n) is 12.8. The molecule has 1 N–H and O–H groups in total. The molecule has 0 saturated heterocycles. The van der Waals surface area contributed by atoms with Crippen molar-refractivity contribution >= 4 is 16.8 Å². The largest absolute Gasteiger partial charge is 0.339 e. The Bertz CT molecular complexity index is 994. The molecule has 0 bridgehead atoms. The molecule has 116 valence electrons. The van der Waals surface area contributed by atoms with Crippen LogP contribution in [0.4, 0.5) is 0 Å². The number of nitrogens with one attached hydrogen (secondary N) is 1. The number of hydrogen-bond donors (Lipinski definition) is 1. The zero-order chi connectivity index (χ0) is 16.4. The highest BCUT2D eigenvalue weighted by molar-refractivity contribution is 5.96. The van der Waals surface area contributed by atoms with E-state index in [-0.39, 0.29) is 12.2 Å². The summed E-state index contributed by atoms with van der Waals surface area (Å²) in [7, 11) is 0. The molecule has 5 heteroatoms. The Hall–Kier alpha value is -3.34. The molecule has 4 aromatic rings. The summed E-state index contributed by atoms with van der Waals surface area (Å²) < 4.78 is 0. The zero-order valence-corrected chi connectivity index (χ0v) is 12.8. The van der Waals surface area contributed by atoms with Gasteiger partial charge < -0.3 is 4.98 Å². The lowest BCUT2D eigenvalue weighted by Gasteiger charge is -2.00. The standard InChI is InChI=1S/C19H14N4O/c24-18(16-6-7-20-12-22-16)9-13-8-15-10-17(23-19(15)21-11-13)14-4-2-1-3-5-14/h1-8,10-12H,9H2,(H,21,23). The van der Waals surface area contributed by atoms with Crippen LogP contribution in [0.1, 0.15) is 16.1 Å². The summed E-state index contributed by atoms with van der Waals surface area (Å²) in [6, 6.07) is 15.7. The molecule has 0 amide bonds. The number of rotatable bonds is 4. The van der Waals surface area contributed by atoms with Crippen LogP contribution in [0.15, 0.2) is 67.3 Å². The van der Waals surface area contributed by atoms with Gasteiger partial charge in [-0.2, -0.15) is 0 Å². The second-order valence-electron chi connectivity index (χ2n) is 5.53. The lowest BCUT2D eigenvalue weighted by Crippen LogP contribution is -2.06. The third kappa shape index (κ3) is 2.79. The summed E-state index contributed by atoms with van der Waals surface area (Å²) in [5, 5.41) is 0.988. The van der Waals surface area contributed by atoms with Crippen LogP contribution in [0.3, 0.4) is 0 Å². The van der Waals surface area contributed by atoms with Crippen molar-refractivity contribution in [2.75, 3.05) is 0 Å². The average Bonchev–Trinajstić information content (AvgIpc) is 3.06.